The minimum atomic E-state index is -4.54. The normalized spacial score (nSPS) is 17.0. The summed E-state index contributed by atoms with van der Waals surface area (Å²) in [6.45, 7) is -0.00429. The first-order valence-electron chi connectivity index (χ1n) is 6.96. The first-order valence-corrected chi connectivity index (χ1v) is 6.96. The molecule has 4 nitrogen and oxygen atoms in total. The van der Waals surface area contributed by atoms with E-state index in [0.29, 0.717) is 16.3 Å². The molecule has 0 bridgehead atoms. The highest BCUT2D eigenvalue weighted by atomic mass is 19.4. The van der Waals surface area contributed by atoms with Crippen LogP contribution < -0.4 is 5.43 Å². The van der Waals surface area contributed by atoms with Crippen LogP contribution in [-0.4, -0.2) is 23.6 Å². The van der Waals surface area contributed by atoms with Crippen molar-refractivity contribution in [2.45, 2.75) is 18.6 Å². The fourth-order valence-corrected chi connectivity index (χ4v) is 2.83. The lowest BCUT2D eigenvalue weighted by atomic mass is 9.96. The van der Waals surface area contributed by atoms with Crippen LogP contribution in [0, 0.1) is 11.3 Å². The van der Waals surface area contributed by atoms with Gasteiger partial charge in [0, 0.05) is 13.0 Å². The Balaban J connectivity index is 2.15. The van der Waals surface area contributed by atoms with Gasteiger partial charge in [-0.1, -0.05) is 24.3 Å². The van der Waals surface area contributed by atoms with E-state index in [-0.39, 0.29) is 18.5 Å². The van der Waals surface area contributed by atoms with Crippen LogP contribution in [0.2, 0.25) is 0 Å². The van der Waals surface area contributed by atoms with Gasteiger partial charge in [0.25, 0.3) is 0 Å². The maximum Gasteiger partial charge on any atom is 0.409 e. The number of rotatable bonds is 2. The molecule has 1 saturated heterocycles. The molecule has 0 spiro atoms. The number of fused-ring (bicyclic) bond motifs is 1. The van der Waals surface area contributed by atoms with Crippen molar-refractivity contribution < 1.29 is 18.0 Å². The van der Waals surface area contributed by atoms with E-state index in [1.165, 1.54) is 24.3 Å². The average Bonchev–Trinajstić information content (AvgIpc) is 2.91. The molecule has 0 aliphatic carbocycles. The van der Waals surface area contributed by atoms with Gasteiger partial charge in [0.1, 0.15) is 0 Å². The third-order valence-corrected chi connectivity index (χ3v) is 3.81. The summed E-state index contributed by atoms with van der Waals surface area (Å²) in [5.74, 6) is -0.425. The minimum Gasteiger partial charge on any atom is -0.288 e. The van der Waals surface area contributed by atoms with Crippen molar-refractivity contribution in [3.8, 4) is 6.07 Å². The molecule has 118 valence electrons. The van der Waals surface area contributed by atoms with Gasteiger partial charge < -0.3 is 0 Å². The number of carbonyl (C=O) groups is 1. The number of benzene rings is 2. The Bertz CT molecular complexity index is 810. The van der Waals surface area contributed by atoms with Crippen LogP contribution in [0.25, 0.3) is 10.8 Å². The Morgan fingerprint density at radius 2 is 2.04 bits per heavy atom. The summed E-state index contributed by atoms with van der Waals surface area (Å²) in [6.07, 6.45) is -4.50. The number of hydrogen-bond donors (Lipinski definition) is 1. The van der Waals surface area contributed by atoms with E-state index >= 15 is 0 Å². The van der Waals surface area contributed by atoms with Gasteiger partial charge in [-0.25, -0.2) is 5.01 Å². The number of nitrogens with one attached hydrogen (secondary N) is 1. The smallest absolute Gasteiger partial charge is 0.288 e. The van der Waals surface area contributed by atoms with Crippen molar-refractivity contribution in [3.05, 3.63) is 47.5 Å². The van der Waals surface area contributed by atoms with Crippen LogP contribution in [0.1, 0.15) is 23.6 Å². The van der Waals surface area contributed by atoms with Gasteiger partial charge in [-0.05, 0) is 28.5 Å². The molecule has 1 atom stereocenters. The standard InChI is InChI=1S/C16H12F3N3O/c17-16(18,19)15(22-7-6-14(23)21-22)13-3-1-2-11-8-10(9-20)4-5-12(11)13/h1-5,8,15H,6-7H2,(H,21,23). The van der Waals surface area contributed by atoms with Crippen LogP contribution in [0.3, 0.4) is 0 Å². The molecule has 23 heavy (non-hydrogen) atoms. The van der Waals surface area contributed by atoms with Crippen molar-refractivity contribution in [1.82, 2.24) is 10.4 Å². The fraction of sp³-hybridized carbons (Fsp3) is 0.250. The van der Waals surface area contributed by atoms with Crippen molar-refractivity contribution in [3.63, 3.8) is 0 Å². The zero-order chi connectivity index (χ0) is 16.6. The van der Waals surface area contributed by atoms with Gasteiger partial charge in [-0.3, -0.25) is 10.2 Å². The van der Waals surface area contributed by atoms with Gasteiger partial charge in [-0.15, -0.1) is 0 Å². The minimum absolute atomic E-state index is 0.00429. The molecule has 2 aromatic carbocycles. The van der Waals surface area contributed by atoms with Crippen molar-refractivity contribution in [2.75, 3.05) is 6.54 Å². The SMILES string of the molecule is N#Cc1ccc2c(C(N3CCC(=O)N3)C(F)(F)F)cccc2c1. The molecular weight excluding hydrogens is 307 g/mol. The van der Waals surface area contributed by atoms with Crippen LogP contribution >= 0.6 is 0 Å². The van der Waals surface area contributed by atoms with E-state index in [9.17, 15) is 18.0 Å². The third kappa shape index (κ3) is 2.85. The number of nitrogens with zero attached hydrogens (tertiary/aromatic N) is 2. The quantitative estimate of drug-likeness (QED) is 0.925. The number of hydrogen-bond acceptors (Lipinski definition) is 3. The van der Waals surface area contributed by atoms with Crippen molar-refractivity contribution in [2.24, 2.45) is 0 Å². The summed E-state index contributed by atoms with van der Waals surface area (Å²) in [4.78, 5) is 11.3. The van der Waals surface area contributed by atoms with E-state index in [0.717, 1.165) is 5.01 Å². The Hall–Kier alpha value is -2.59. The van der Waals surface area contributed by atoms with Gasteiger partial charge in [0.05, 0.1) is 11.6 Å². The molecule has 1 heterocycles. The summed E-state index contributed by atoms with van der Waals surface area (Å²) >= 11 is 0. The predicted molar refractivity (Wildman–Crippen MR) is 76.9 cm³/mol. The zero-order valence-corrected chi connectivity index (χ0v) is 11.9. The Labute approximate surface area is 130 Å². The van der Waals surface area contributed by atoms with Gasteiger partial charge in [-0.2, -0.15) is 18.4 Å². The highest BCUT2D eigenvalue weighted by molar-refractivity contribution is 5.87. The molecule has 0 saturated carbocycles. The van der Waals surface area contributed by atoms with E-state index in [4.69, 9.17) is 5.26 Å². The Morgan fingerprint density at radius 1 is 1.26 bits per heavy atom. The van der Waals surface area contributed by atoms with E-state index < -0.39 is 18.1 Å². The topological polar surface area (TPSA) is 56.1 Å². The molecule has 1 N–H and O–H groups in total. The number of amides is 1. The molecular formula is C16H12F3N3O. The molecule has 1 unspecified atom stereocenters. The first kappa shape index (κ1) is 15.3. The number of halogens is 3. The second kappa shape index (κ2) is 5.56. The molecule has 1 amide bonds. The lowest BCUT2D eigenvalue weighted by molar-refractivity contribution is -0.190. The van der Waals surface area contributed by atoms with Gasteiger partial charge >= 0.3 is 6.18 Å². The highest BCUT2D eigenvalue weighted by Gasteiger charge is 2.47. The van der Waals surface area contributed by atoms with E-state index in [1.807, 2.05) is 6.07 Å². The summed E-state index contributed by atoms with van der Waals surface area (Å²) in [7, 11) is 0. The fourth-order valence-electron chi connectivity index (χ4n) is 2.83. The number of nitriles is 1. The Morgan fingerprint density at radius 3 is 2.65 bits per heavy atom. The molecule has 0 aromatic heterocycles. The van der Waals surface area contributed by atoms with Crippen molar-refractivity contribution >= 4 is 16.7 Å². The van der Waals surface area contributed by atoms with E-state index in [2.05, 4.69) is 5.43 Å². The van der Waals surface area contributed by atoms with Crippen LogP contribution in [0.4, 0.5) is 13.2 Å². The van der Waals surface area contributed by atoms with Gasteiger partial charge in [0.15, 0.2) is 6.04 Å². The van der Waals surface area contributed by atoms with Crippen molar-refractivity contribution in [1.29, 1.82) is 5.26 Å². The summed E-state index contributed by atoms with van der Waals surface area (Å²) in [5.41, 5.74) is 2.71. The molecule has 2 aromatic rings. The maximum absolute atomic E-state index is 13.6. The third-order valence-electron chi connectivity index (χ3n) is 3.81. The van der Waals surface area contributed by atoms with E-state index in [1.54, 1.807) is 12.1 Å². The largest absolute Gasteiger partial charge is 0.409 e. The Kier molecular flexibility index (Phi) is 3.70. The zero-order valence-electron chi connectivity index (χ0n) is 11.9. The number of alkyl halides is 3. The summed E-state index contributed by atoms with van der Waals surface area (Å²) in [6, 6.07) is 9.18. The second-order valence-corrected chi connectivity index (χ2v) is 5.32. The molecule has 1 aliphatic heterocycles. The number of hydrazine groups is 1. The summed E-state index contributed by atoms with van der Waals surface area (Å²) in [5, 5.41) is 10.8. The highest BCUT2D eigenvalue weighted by Crippen LogP contribution is 2.40. The van der Waals surface area contributed by atoms with Crippen LogP contribution in [0.5, 0.6) is 0 Å². The average molecular weight is 319 g/mol. The molecule has 0 radical (unpaired) electrons. The molecule has 1 fully saturated rings. The molecule has 3 rings (SSSR count). The van der Waals surface area contributed by atoms with Gasteiger partial charge in [0.2, 0.25) is 5.91 Å². The van der Waals surface area contributed by atoms with Crippen LogP contribution in [-0.2, 0) is 4.79 Å². The van der Waals surface area contributed by atoms with Crippen LogP contribution in [0.15, 0.2) is 36.4 Å². The monoisotopic (exact) mass is 319 g/mol. The molecule has 7 heteroatoms. The molecule has 1 aliphatic rings. The predicted octanol–water partition coefficient (Wildman–Crippen LogP) is 3.05. The summed E-state index contributed by atoms with van der Waals surface area (Å²) < 4.78 is 40.8. The first-order chi connectivity index (χ1) is 10.9. The lowest BCUT2D eigenvalue weighted by Gasteiger charge is -2.30. The number of carbonyl (C=O) groups excluding carboxylic acids is 1. The maximum atomic E-state index is 13.6. The lowest BCUT2D eigenvalue weighted by Crippen LogP contribution is -2.43. The second-order valence-electron chi connectivity index (χ2n) is 5.32.